The van der Waals surface area contributed by atoms with Crippen molar-refractivity contribution in [2.24, 2.45) is 0 Å². The number of benzene rings is 2. The highest BCUT2D eigenvalue weighted by molar-refractivity contribution is 5.99. The maximum atomic E-state index is 12.2. The number of esters is 1. The van der Waals surface area contributed by atoms with Gasteiger partial charge >= 0.3 is 5.97 Å². The monoisotopic (exact) mass is 312 g/mol. The quantitative estimate of drug-likeness (QED) is 0.671. The van der Waals surface area contributed by atoms with Crippen molar-refractivity contribution in [1.82, 2.24) is 0 Å². The molecular formula is C18H20N2O3. The van der Waals surface area contributed by atoms with Crippen LogP contribution in [-0.4, -0.2) is 18.0 Å². The summed E-state index contributed by atoms with van der Waals surface area (Å²) in [6, 6.07) is 12.5. The fraction of sp³-hybridized carbons (Fsp3) is 0.222. The second kappa shape index (κ2) is 6.96. The zero-order valence-electron chi connectivity index (χ0n) is 13.4. The van der Waals surface area contributed by atoms with Crippen molar-refractivity contribution in [3.05, 3.63) is 59.2 Å². The van der Waals surface area contributed by atoms with Crippen molar-refractivity contribution < 1.29 is 14.3 Å². The predicted molar refractivity (Wildman–Crippen MR) is 90.3 cm³/mol. The van der Waals surface area contributed by atoms with E-state index in [2.05, 4.69) is 5.32 Å². The highest BCUT2D eigenvalue weighted by atomic mass is 16.5. The van der Waals surface area contributed by atoms with Gasteiger partial charge in [-0.25, -0.2) is 4.79 Å². The van der Waals surface area contributed by atoms with Crippen LogP contribution >= 0.6 is 0 Å². The Labute approximate surface area is 135 Å². The zero-order valence-corrected chi connectivity index (χ0v) is 13.4. The number of hydrogen-bond acceptors (Lipinski definition) is 4. The van der Waals surface area contributed by atoms with Crippen LogP contribution < -0.4 is 11.1 Å². The largest absolute Gasteiger partial charge is 0.449 e. The van der Waals surface area contributed by atoms with Gasteiger partial charge in [0.05, 0.1) is 5.56 Å². The Bertz CT molecular complexity index is 741. The van der Waals surface area contributed by atoms with E-state index in [1.54, 1.807) is 31.2 Å². The molecule has 3 N–H and O–H groups in total. The first-order valence-electron chi connectivity index (χ1n) is 7.32. The number of rotatable bonds is 4. The summed E-state index contributed by atoms with van der Waals surface area (Å²) >= 11 is 0. The molecule has 1 atom stereocenters. The summed E-state index contributed by atoms with van der Waals surface area (Å²) in [4.78, 5) is 24.3. The number of anilines is 2. The number of carbonyl (C=O) groups is 2. The summed E-state index contributed by atoms with van der Waals surface area (Å²) < 4.78 is 5.21. The molecule has 2 aromatic rings. The van der Waals surface area contributed by atoms with Crippen molar-refractivity contribution in [3.8, 4) is 0 Å². The topological polar surface area (TPSA) is 81.4 Å². The van der Waals surface area contributed by atoms with E-state index < -0.39 is 18.0 Å². The Morgan fingerprint density at radius 1 is 1.13 bits per heavy atom. The molecule has 0 aliphatic rings. The maximum absolute atomic E-state index is 12.2. The normalized spacial score (nSPS) is 11.6. The fourth-order valence-corrected chi connectivity index (χ4v) is 2.10. The molecule has 0 radical (unpaired) electrons. The lowest BCUT2D eigenvalue weighted by molar-refractivity contribution is -0.123. The number of para-hydroxylation sites is 1. The summed E-state index contributed by atoms with van der Waals surface area (Å²) in [5, 5.41) is 2.72. The first-order chi connectivity index (χ1) is 10.9. The van der Waals surface area contributed by atoms with E-state index in [0.717, 1.165) is 11.1 Å². The van der Waals surface area contributed by atoms with E-state index >= 15 is 0 Å². The highest BCUT2D eigenvalue weighted by Gasteiger charge is 2.20. The average molecular weight is 312 g/mol. The predicted octanol–water partition coefficient (Wildman–Crippen LogP) is 3.07. The third-order valence-electron chi connectivity index (χ3n) is 3.48. The Balaban J connectivity index is 2.03. The molecule has 0 aliphatic heterocycles. The van der Waals surface area contributed by atoms with E-state index in [-0.39, 0.29) is 5.56 Å². The number of nitrogen functional groups attached to an aromatic ring is 1. The standard InChI is InChI=1S/C18H20N2O3/c1-11-6-4-8-14(10-11)20-17(21)13(3)23-18(22)15-9-5-7-12(2)16(15)19/h4-10,13H,19H2,1-3H3,(H,20,21)/t13-/m0/s1. The molecule has 0 saturated heterocycles. The minimum atomic E-state index is -0.928. The van der Waals surface area contributed by atoms with Gasteiger partial charge in [0.2, 0.25) is 0 Å². The number of nitrogens with one attached hydrogen (secondary N) is 1. The Hall–Kier alpha value is -2.82. The van der Waals surface area contributed by atoms with E-state index in [1.165, 1.54) is 6.92 Å². The molecule has 5 nitrogen and oxygen atoms in total. The van der Waals surface area contributed by atoms with Crippen LogP contribution in [-0.2, 0) is 9.53 Å². The highest BCUT2D eigenvalue weighted by Crippen LogP contribution is 2.18. The van der Waals surface area contributed by atoms with Gasteiger partial charge in [-0.15, -0.1) is 0 Å². The van der Waals surface area contributed by atoms with Gasteiger partial charge in [-0.3, -0.25) is 4.79 Å². The summed E-state index contributed by atoms with van der Waals surface area (Å²) in [5.41, 5.74) is 8.98. The second-order valence-corrected chi connectivity index (χ2v) is 5.44. The minimum absolute atomic E-state index is 0.264. The van der Waals surface area contributed by atoms with Crippen LogP contribution in [0.4, 0.5) is 11.4 Å². The van der Waals surface area contributed by atoms with Crippen molar-refractivity contribution >= 4 is 23.3 Å². The van der Waals surface area contributed by atoms with E-state index in [4.69, 9.17) is 10.5 Å². The molecule has 0 fully saturated rings. The fourth-order valence-electron chi connectivity index (χ4n) is 2.10. The minimum Gasteiger partial charge on any atom is -0.449 e. The lowest BCUT2D eigenvalue weighted by Gasteiger charge is -2.15. The summed E-state index contributed by atoms with van der Waals surface area (Å²) in [7, 11) is 0. The number of hydrogen-bond donors (Lipinski definition) is 2. The first-order valence-corrected chi connectivity index (χ1v) is 7.32. The zero-order chi connectivity index (χ0) is 17.0. The van der Waals surface area contributed by atoms with E-state index in [0.29, 0.717) is 11.4 Å². The molecule has 0 heterocycles. The molecular weight excluding hydrogens is 292 g/mol. The number of aryl methyl sites for hydroxylation is 2. The van der Waals surface area contributed by atoms with Gasteiger partial charge < -0.3 is 15.8 Å². The van der Waals surface area contributed by atoms with Gasteiger partial charge in [0.15, 0.2) is 6.10 Å². The number of ether oxygens (including phenoxy) is 1. The lowest BCUT2D eigenvalue weighted by atomic mass is 10.1. The number of carbonyl (C=O) groups excluding carboxylic acids is 2. The average Bonchev–Trinajstić information content (AvgIpc) is 2.49. The molecule has 0 spiro atoms. The molecule has 5 heteroatoms. The summed E-state index contributed by atoms with van der Waals surface area (Å²) in [5.74, 6) is -1.01. The van der Waals surface area contributed by atoms with E-state index in [1.807, 2.05) is 25.1 Å². The molecule has 0 aliphatic carbocycles. The first kappa shape index (κ1) is 16.5. The van der Waals surface area contributed by atoms with Crippen molar-refractivity contribution in [2.45, 2.75) is 26.9 Å². The second-order valence-electron chi connectivity index (χ2n) is 5.44. The molecule has 23 heavy (non-hydrogen) atoms. The molecule has 2 aromatic carbocycles. The van der Waals surface area contributed by atoms with Crippen LogP contribution in [0.15, 0.2) is 42.5 Å². The number of nitrogens with two attached hydrogens (primary N) is 1. The van der Waals surface area contributed by atoms with Gasteiger partial charge in [-0.2, -0.15) is 0 Å². The summed E-state index contributed by atoms with van der Waals surface area (Å²) in [6.07, 6.45) is -0.928. The number of amides is 1. The molecule has 0 aromatic heterocycles. The van der Waals surface area contributed by atoms with Crippen LogP contribution in [0.3, 0.4) is 0 Å². The van der Waals surface area contributed by atoms with Crippen molar-refractivity contribution in [2.75, 3.05) is 11.1 Å². The van der Waals surface area contributed by atoms with Crippen molar-refractivity contribution in [3.63, 3.8) is 0 Å². The van der Waals surface area contributed by atoms with Crippen LogP contribution in [0.25, 0.3) is 0 Å². The lowest BCUT2D eigenvalue weighted by Crippen LogP contribution is -2.30. The van der Waals surface area contributed by atoms with Gasteiger partial charge in [0.1, 0.15) is 0 Å². The van der Waals surface area contributed by atoms with Crippen LogP contribution in [0, 0.1) is 13.8 Å². The van der Waals surface area contributed by atoms with Crippen molar-refractivity contribution in [1.29, 1.82) is 0 Å². The molecule has 0 bridgehead atoms. The van der Waals surface area contributed by atoms with Gasteiger partial charge in [-0.05, 0) is 50.1 Å². The van der Waals surface area contributed by atoms with Gasteiger partial charge in [0, 0.05) is 11.4 Å². The molecule has 0 unspecified atom stereocenters. The Kier molecular flexibility index (Phi) is 5.01. The van der Waals surface area contributed by atoms with Crippen LogP contribution in [0.5, 0.6) is 0 Å². The van der Waals surface area contributed by atoms with Crippen LogP contribution in [0.2, 0.25) is 0 Å². The molecule has 2 rings (SSSR count). The Morgan fingerprint density at radius 3 is 2.52 bits per heavy atom. The molecule has 120 valence electrons. The summed E-state index contributed by atoms with van der Waals surface area (Å²) in [6.45, 7) is 5.26. The van der Waals surface area contributed by atoms with E-state index in [9.17, 15) is 9.59 Å². The smallest absolute Gasteiger partial charge is 0.341 e. The van der Waals surface area contributed by atoms with Crippen LogP contribution in [0.1, 0.15) is 28.4 Å². The Morgan fingerprint density at radius 2 is 1.83 bits per heavy atom. The molecule has 0 saturated carbocycles. The maximum Gasteiger partial charge on any atom is 0.341 e. The SMILES string of the molecule is Cc1cccc(NC(=O)[C@H](C)OC(=O)c2cccc(C)c2N)c1. The van der Waals surface area contributed by atoms with Gasteiger partial charge in [-0.1, -0.05) is 24.3 Å². The third-order valence-corrected chi connectivity index (χ3v) is 3.48. The third kappa shape index (κ3) is 4.10. The van der Waals surface area contributed by atoms with Gasteiger partial charge in [0.25, 0.3) is 5.91 Å². The molecule has 1 amide bonds.